The number of nitrogens with one attached hydrogen (secondary N) is 1. The Morgan fingerprint density at radius 1 is 1.45 bits per heavy atom. The van der Waals surface area contributed by atoms with E-state index in [1.807, 2.05) is 38.3 Å². The molecule has 0 saturated carbocycles. The van der Waals surface area contributed by atoms with Gasteiger partial charge in [-0.2, -0.15) is 0 Å². The van der Waals surface area contributed by atoms with Crippen LogP contribution in [0.2, 0.25) is 0 Å². The molecule has 0 aliphatic carbocycles. The number of rotatable bonds is 2. The molecule has 22 heavy (non-hydrogen) atoms. The van der Waals surface area contributed by atoms with Crippen LogP contribution in [0.15, 0.2) is 28.5 Å². The largest absolute Gasteiger partial charge is 0.330 e. The van der Waals surface area contributed by atoms with Crippen LogP contribution in [0.4, 0.5) is 0 Å². The molecule has 1 N–H and O–H groups in total. The summed E-state index contributed by atoms with van der Waals surface area (Å²) >= 11 is 1.64. The standard InChI is InChI=1S/C16H19N3O2S/c1-16(2,3)15-17-9-10(13(20)18-15)14(21)19-7-6-11(19)12-5-4-8-22-12/h4-5,8-9,11H,6-7H2,1-3H3,(H,17,18,20)/t11-/m0/s1. The van der Waals surface area contributed by atoms with Crippen LogP contribution in [0.3, 0.4) is 0 Å². The number of likely N-dealkylation sites (tertiary alicyclic amines) is 1. The van der Waals surface area contributed by atoms with Crippen LogP contribution in [0.1, 0.15) is 54.3 Å². The molecule has 1 aliphatic rings. The molecule has 5 nitrogen and oxygen atoms in total. The first-order chi connectivity index (χ1) is 10.4. The van der Waals surface area contributed by atoms with Gasteiger partial charge in [0.1, 0.15) is 11.4 Å². The van der Waals surface area contributed by atoms with Gasteiger partial charge in [0.15, 0.2) is 0 Å². The van der Waals surface area contributed by atoms with Crippen LogP contribution in [-0.4, -0.2) is 27.3 Å². The number of carbonyl (C=O) groups excluding carboxylic acids is 1. The Bertz CT molecular complexity index is 743. The van der Waals surface area contributed by atoms with Gasteiger partial charge in [-0.15, -0.1) is 11.3 Å². The van der Waals surface area contributed by atoms with Gasteiger partial charge in [-0.25, -0.2) is 4.98 Å². The number of aromatic amines is 1. The summed E-state index contributed by atoms with van der Waals surface area (Å²) in [5.41, 5.74) is -0.493. The number of thiophene rings is 1. The predicted octanol–water partition coefficient (Wildman–Crippen LogP) is 2.72. The first kappa shape index (κ1) is 15.0. The normalized spacial score (nSPS) is 18.1. The minimum absolute atomic E-state index is 0.0918. The van der Waals surface area contributed by atoms with Crippen molar-refractivity contribution < 1.29 is 4.79 Å². The molecule has 3 heterocycles. The van der Waals surface area contributed by atoms with E-state index in [1.165, 1.54) is 6.20 Å². The number of carbonyl (C=O) groups is 1. The van der Waals surface area contributed by atoms with Crippen LogP contribution < -0.4 is 5.56 Å². The van der Waals surface area contributed by atoms with Crippen molar-refractivity contribution in [3.8, 4) is 0 Å². The molecule has 116 valence electrons. The van der Waals surface area contributed by atoms with Gasteiger partial charge in [-0.3, -0.25) is 9.59 Å². The Morgan fingerprint density at radius 3 is 2.73 bits per heavy atom. The summed E-state index contributed by atoms with van der Waals surface area (Å²) in [5.74, 6) is 0.353. The van der Waals surface area contributed by atoms with Gasteiger partial charge < -0.3 is 9.88 Å². The van der Waals surface area contributed by atoms with Crippen molar-refractivity contribution in [2.75, 3.05) is 6.54 Å². The average molecular weight is 317 g/mol. The van der Waals surface area contributed by atoms with E-state index in [4.69, 9.17) is 0 Å². The topological polar surface area (TPSA) is 66.1 Å². The zero-order valence-electron chi connectivity index (χ0n) is 12.9. The lowest BCUT2D eigenvalue weighted by Gasteiger charge is -2.40. The molecule has 1 aliphatic heterocycles. The molecule has 2 aromatic rings. The van der Waals surface area contributed by atoms with Crippen molar-refractivity contribution in [3.63, 3.8) is 0 Å². The lowest BCUT2D eigenvalue weighted by atomic mass is 9.95. The lowest BCUT2D eigenvalue weighted by molar-refractivity contribution is 0.0465. The fourth-order valence-electron chi connectivity index (χ4n) is 2.49. The molecule has 0 spiro atoms. The number of nitrogens with zero attached hydrogens (tertiary/aromatic N) is 2. The van der Waals surface area contributed by atoms with E-state index in [0.717, 1.165) is 11.3 Å². The van der Waals surface area contributed by atoms with Gasteiger partial charge in [0.2, 0.25) is 0 Å². The number of hydrogen-bond acceptors (Lipinski definition) is 4. The maximum Gasteiger partial charge on any atom is 0.263 e. The van der Waals surface area contributed by atoms with Crippen molar-refractivity contribution in [2.24, 2.45) is 0 Å². The maximum atomic E-state index is 12.6. The minimum Gasteiger partial charge on any atom is -0.330 e. The van der Waals surface area contributed by atoms with Gasteiger partial charge in [0.25, 0.3) is 11.5 Å². The Morgan fingerprint density at radius 2 is 2.23 bits per heavy atom. The smallest absolute Gasteiger partial charge is 0.263 e. The number of amides is 1. The SMILES string of the molecule is CC(C)(C)c1ncc(C(=O)N2CC[C@H]2c2cccs2)c(=O)[nH]1. The Balaban J connectivity index is 1.86. The highest BCUT2D eigenvalue weighted by Crippen LogP contribution is 2.36. The highest BCUT2D eigenvalue weighted by molar-refractivity contribution is 7.10. The third-order valence-electron chi connectivity index (χ3n) is 3.89. The zero-order chi connectivity index (χ0) is 15.9. The number of H-pyrrole nitrogens is 1. The van der Waals surface area contributed by atoms with E-state index in [0.29, 0.717) is 12.4 Å². The molecule has 1 saturated heterocycles. The van der Waals surface area contributed by atoms with E-state index in [9.17, 15) is 9.59 Å². The van der Waals surface area contributed by atoms with Gasteiger partial charge in [0.05, 0.1) is 6.04 Å². The molecule has 1 atom stereocenters. The maximum absolute atomic E-state index is 12.6. The Labute approximate surface area is 133 Å². The quantitative estimate of drug-likeness (QED) is 0.926. The summed E-state index contributed by atoms with van der Waals surface area (Å²) in [6.07, 6.45) is 2.35. The van der Waals surface area contributed by atoms with Crippen LogP contribution in [0.25, 0.3) is 0 Å². The predicted molar refractivity (Wildman–Crippen MR) is 86.3 cm³/mol. The summed E-state index contributed by atoms with van der Waals surface area (Å²) in [7, 11) is 0. The van der Waals surface area contributed by atoms with E-state index in [-0.39, 0.29) is 28.5 Å². The van der Waals surface area contributed by atoms with E-state index in [2.05, 4.69) is 9.97 Å². The molecule has 3 rings (SSSR count). The van der Waals surface area contributed by atoms with Crippen LogP contribution in [0, 0.1) is 0 Å². The second-order valence-corrected chi connectivity index (χ2v) is 7.52. The van der Waals surface area contributed by atoms with Crippen molar-refractivity contribution in [1.29, 1.82) is 0 Å². The third-order valence-corrected chi connectivity index (χ3v) is 4.87. The van der Waals surface area contributed by atoms with E-state index in [1.54, 1.807) is 16.2 Å². The molecule has 0 radical (unpaired) electrons. The first-order valence-electron chi connectivity index (χ1n) is 7.32. The van der Waals surface area contributed by atoms with Crippen LogP contribution in [-0.2, 0) is 5.41 Å². The molecule has 0 aromatic carbocycles. The highest BCUT2D eigenvalue weighted by Gasteiger charge is 2.35. The fourth-order valence-corrected chi connectivity index (χ4v) is 3.36. The second-order valence-electron chi connectivity index (χ2n) is 6.54. The number of hydrogen-bond donors (Lipinski definition) is 1. The minimum atomic E-state index is -0.359. The Kier molecular flexibility index (Phi) is 3.64. The van der Waals surface area contributed by atoms with Gasteiger partial charge in [-0.1, -0.05) is 26.8 Å². The molecule has 0 unspecified atom stereocenters. The van der Waals surface area contributed by atoms with Crippen molar-refractivity contribution in [3.05, 3.63) is 50.3 Å². The summed E-state index contributed by atoms with van der Waals surface area (Å²) in [4.78, 5) is 34.7. The first-order valence-corrected chi connectivity index (χ1v) is 8.20. The lowest BCUT2D eigenvalue weighted by Crippen LogP contribution is -2.46. The van der Waals surface area contributed by atoms with Crippen LogP contribution in [0.5, 0.6) is 0 Å². The number of aromatic nitrogens is 2. The molecular weight excluding hydrogens is 298 g/mol. The zero-order valence-corrected chi connectivity index (χ0v) is 13.7. The second kappa shape index (κ2) is 5.35. The average Bonchev–Trinajstić information content (AvgIpc) is 2.89. The summed E-state index contributed by atoms with van der Waals surface area (Å²) in [5, 5.41) is 2.00. The summed E-state index contributed by atoms with van der Waals surface area (Å²) in [6, 6.07) is 4.10. The molecule has 0 bridgehead atoms. The monoisotopic (exact) mass is 317 g/mol. The summed E-state index contributed by atoms with van der Waals surface area (Å²) in [6.45, 7) is 6.58. The van der Waals surface area contributed by atoms with Crippen molar-refractivity contribution in [2.45, 2.75) is 38.6 Å². The molecule has 6 heteroatoms. The molecule has 1 fully saturated rings. The van der Waals surface area contributed by atoms with Gasteiger partial charge in [0, 0.05) is 23.0 Å². The van der Waals surface area contributed by atoms with Gasteiger partial charge >= 0.3 is 0 Å². The Hall–Kier alpha value is -1.95. The van der Waals surface area contributed by atoms with E-state index >= 15 is 0 Å². The third kappa shape index (κ3) is 2.59. The van der Waals surface area contributed by atoms with Gasteiger partial charge in [-0.05, 0) is 17.9 Å². The highest BCUT2D eigenvalue weighted by atomic mass is 32.1. The molecule has 1 amide bonds. The van der Waals surface area contributed by atoms with Crippen molar-refractivity contribution >= 4 is 17.2 Å². The molecular formula is C16H19N3O2S. The fraction of sp³-hybridized carbons (Fsp3) is 0.438. The van der Waals surface area contributed by atoms with E-state index < -0.39 is 0 Å². The van der Waals surface area contributed by atoms with Crippen LogP contribution >= 0.6 is 11.3 Å². The van der Waals surface area contributed by atoms with Crippen molar-refractivity contribution in [1.82, 2.24) is 14.9 Å². The summed E-state index contributed by atoms with van der Waals surface area (Å²) < 4.78 is 0. The molecule has 2 aromatic heterocycles.